The van der Waals surface area contributed by atoms with Gasteiger partial charge in [0.2, 0.25) is 0 Å². The van der Waals surface area contributed by atoms with E-state index in [1.165, 1.54) is 10.5 Å². The maximum Gasteiger partial charge on any atom is 0.130 e. The van der Waals surface area contributed by atoms with Gasteiger partial charge in [-0.3, -0.25) is 0 Å². The fourth-order valence-electron chi connectivity index (χ4n) is 2.03. The van der Waals surface area contributed by atoms with Crippen LogP contribution in [0.1, 0.15) is 25.8 Å². The van der Waals surface area contributed by atoms with Crippen LogP contribution in [0.2, 0.25) is 19.6 Å². The zero-order valence-electron chi connectivity index (χ0n) is 12.5. The summed E-state index contributed by atoms with van der Waals surface area (Å²) < 4.78 is 5.79. The minimum atomic E-state index is -1.28. The highest BCUT2D eigenvalue weighted by Crippen LogP contribution is 2.39. The summed E-state index contributed by atoms with van der Waals surface area (Å²) in [6.45, 7) is 12.2. The molecule has 0 saturated carbocycles. The standard InChI is InChI=1S/C16H22OSSi/c1-16(2)8-9-17-15-12-13(6-7-14(15)16)18-10-11-19(3,4)5/h6-7,12H,8-9H2,1-5H3. The van der Waals surface area contributed by atoms with Crippen LogP contribution >= 0.6 is 11.8 Å². The van der Waals surface area contributed by atoms with Gasteiger partial charge in [0.05, 0.1) is 6.61 Å². The average molecular weight is 291 g/mol. The summed E-state index contributed by atoms with van der Waals surface area (Å²) in [7, 11) is -1.28. The van der Waals surface area contributed by atoms with E-state index in [1.807, 2.05) is 0 Å². The lowest BCUT2D eigenvalue weighted by Crippen LogP contribution is -2.26. The van der Waals surface area contributed by atoms with Crippen molar-refractivity contribution in [3.63, 3.8) is 0 Å². The molecule has 1 aliphatic heterocycles. The highest BCUT2D eigenvalue weighted by Gasteiger charge is 2.28. The number of rotatable bonds is 1. The van der Waals surface area contributed by atoms with Crippen molar-refractivity contribution in [2.75, 3.05) is 6.61 Å². The van der Waals surface area contributed by atoms with Gasteiger partial charge >= 0.3 is 0 Å². The summed E-state index contributed by atoms with van der Waals surface area (Å²) in [6.07, 6.45) is 1.09. The zero-order chi connectivity index (χ0) is 14.1. The van der Waals surface area contributed by atoms with E-state index in [0.29, 0.717) is 0 Å². The van der Waals surface area contributed by atoms with Gasteiger partial charge in [-0.1, -0.05) is 39.6 Å². The van der Waals surface area contributed by atoms with Gasteiger partial charge in [0.25, 0.3) is 0 Å². The summed E-state index contributed by atoms with van der Waals surface area (Å²) in [5.41, 5.74) is 4.92. The SMILES string of the molecule is CC1(C)CCOc2cc(SC#C[Si](C)(C)C)ccc21. The third-order valence-corrected chi connectivity index (χ3v) is 5.01. The molecule has 0 saturated heterocycles. The van der Waals surface area contributed by atoms with Crippen molar-refractivity contribution >= 4 is 19.8 Å². The summed E-state index contributed by atoms with van der Waals surface area (Å²) in [5, 5.41) is 3.24. The first-order valence-corrected chi connectivity index (χ1v) is 11.1. The second kappa shape index (κ2) is 5.26. The Labute approximate surface area is 122 Å². The highest BCUT2D eigenvalue weighted by molar-refractivity contribution is 8.04. The van der Waals surface area contributed by atoms with E-state index in [2.05, 4.69) is 62.5 Å². The Balaban J connectivity index is 2.20. The van der Waals surface area contributed by atoms with Crippen molar-refractivity contribution in [1.29, 1.82) is 0 Å². The molecule has 2 rings (SSSR count). The number of hydrogen-bond donors (Lipinski definition) is 0. The van der Waals surface area contributed by atoms with Crippen molar-refractivity contribution < 1.29 is 4.74 Å². The first kappa shape index (κ1) is 14.6. The van der Waals surface area contributed by atoms with E-state index in [0.717, 1.165) is 18.8 Å². The third kappa shape index (κ3) is 3.81. The molecule has 0 unspecified atom stereocenters. The predicted molar refractivity (Wildman–Crippen MR) is 86.6 cm³/mol. The van der Waals surface area contributed by atoms with Crippen LogP contribution < -0.4 is 4.74 Å². The second-order valence-electron chi connectivity index (χ2n) is 6.72. The Morgan fingerprint density at radius 2 is 2.00 bits per heavy atom. The summed E-state index contributed by atoms with van der Waals surface area (Å²) >= 11 is 1.61. The molecule has 1 aliphatic rings. The normalized spacial score (nSPS) is 16.9. The molecular formula is C16H22OSSi. The number of thioether (sulfide) groups is 1. The molecule has 0 bridgehead atoms. The second-order valence-corrected chi connectivity index (χ2v) is 12.3. The molecule has 0 spiro atoms. The maximum atomic E-state index is 5.79. The topological polar surface area (TPSA) is 9.23 Å². The van der Waals surface area contributed by atoms with Crippen molar-refractivity contribution in [3.8, 4) is 16.5 Å². The first-order valence-electron chi connectivity index (χ1n) is 6.74. The van der Waals surface area contributed by atoms with Crippen molar-refractivity contribution in [3.05, 3.63) is 23.8 Å². The van der Waals surface area contributed by atoms with E-state index in [4.69, 9.17) is 4.74 Å². The summed E-state index contributed by atoms with van der Waals surface area (Å²) in [4.78, 5) is 1.18. The molecule has 102 valence electrons. The van der Waals surface area contributed by atoms with Crippen molar-refractivity contribution in [2.45, 2.75) is 50.2 Å². The van der Waals surface area contributed by atoms with E-state index in [1.54, 1.807) is 11.8 Å². The zero-order valence-corrected chi connectivity index (χ0v) is 14.3. The molecule has 0 fully saturated rings. The Hall–Kier alpha value is -0.853. The van der Waals surface area contributed by atoms with E-state index < -0.39 is 8.07 Å². The lowest BCUT2D eigenvalue weighted by atomic mass is 9.80. The number of benzene rings is 1. The molecule has 0 N–H and O–H groups in total. The highest BCUT2D eigenvalue weighted by atomic mass is 32.2. The van der Waals surface area contributed by atoms with E-state index in [9.17, 15) is 0 Å². The fourth-order valence-corrected chi connectivity index (χ4v) is 3.88. The summed E-state index contributed by atoms with van der Waals surface area (Å²) in [5.74, 6) is 1.04. The van der Waals surface area contributed by atoms with Gasteiger partial charge in [0.1, 0.15) is 13.8 Å². The molecule has 1 aromatic carbocycles. The van der Waals surface area contributed by atoms with Crippen LogP contribution in [-0.2, 0) is 5.41 Å². The van der Waals surface area contributed by atoms with E-state index >= 15 is 0 Å². The molecule has 1 aromatic rings. The molecule has 0 amide bonds. The largest absolute Gasteiger partial charge is 0.493 e. The van der Waals surface area contributed by atoms with Crippen molar-refractivity contribution in [2.24, 2.45) is 0 Å². The van der Waals surface area contributed by atoms with Crippen LogP contribution in [0, 0.1) is 10.8 Å². The van der Waals surface area contributed by atoms with Gasteiger partial charge in [-0.15, -0.1) is 5.54 Å². The van der Waals surface area contributed by atoms with Gasteiger partial charge in [-0.2, -0.15) is 0 Å². The molecule has 3 heteroatoms. The van der Waals surface area contributed by atoms with Gasteiger partial charge in [-0.05, 0) is 46.5 Å². The lowest BCUT2D eigenvalue weighted by Gasteiger charge is -2.32. The average Bonchev–Trinajstić information content (AvgIpc) is 2.26. The number of ether oxygens (including phenoxy) is 1. The van der Waals surface area contributed by atoms with Gasteiger partial charge < -0.3 is 4.74 Å². The predicted octanol–water partition coefficient (Wildman–Crippen LogP) is 4.68. The number of hydrogen-bond acceptors (Lipinski definition) is 2. The monoisotopic (exact) mass is 290 g/mol. The third-order valence-electron chi connectivity index (χ3n) is 3.26. The fraction of sp³-hybridized carbons (Fsp3) is 0.500. The molecule has 19 heavy (non-hydrogen) atoms. The molecule has 1 nitrogen and oxygen atoms in total. The van der Waals surface area contributed by atoms with Crippen LogP contribution in [0.5, 0.6) is 5.75 Å². The van der Waals surface area contributed by atoms with Crippen LogP contribution in [0.4, 0.5) is 0 Å². The Bertz CT molecular complexity index is 532. The van der Waals surface area contributed by atoms with Gasteiger partial charge in [-0.25, -0.2) is 0 Å². The molecule has 0 radical (unpaired) electrons. The Morgan fingerprint density at radius 1 is 1.26 bits per heavy atom. The quantitative estimate of drug-likeness (QED) is 0.422. The van der Waals surface area contributed by atoms with E-state index in [-0.39, 0.29) is 5.41 Å². The molecule has 0 aromatic heterocycles. The molecule has 1 heterocycles. The molecule has 0 atom stereocenters. The van der Waals surface area contributed by atoms with Crippen LogP contribution in [0.15, 0.2) is 23.1 Å². The van der Waals surface area contributed by atoms with Crippen LogP contribution in [-0.4, -0.2) is 14.7 Å². The minimum Gasteiger partial charge on any atom is -0.493 e. The molecule has 0 aliphatic carbocycles. The Morgan fingerprint density at radius 3 is 2.68 bits per heavy atom. The first-order chi connectivity index (χ1) is 8.78. The van der Waals surface area contributed by atoms with Gasteiger partial charge in [0.15, 0.2) is 0 Å². The minimum absolute atomic E-state index is 0.223. The number of fused-ring (bicyclic) bond motifs is 1. The van der Waals surface area contributed by atoms with Crippen LogP contribution in [0.25, 0.3) is 0 Å². The molecular weight excluding hydrogens is 268 g/mol. The lowest BCUT2D eigenvalue weighted by molar-refractivity contribution is 0.233. The Kier molecular flexibility index (Phi) is 4.03. The van der Waals surface area contributed by atoms with Crippen LogP contribution in [0.3, 0.4) is 0 Å². The van der Waals surface area contributed by atoms with Crippen molar-refractivity contribution in [1.82, 2.24) is 0 Å². The smallest absolute Gasteiger partial charge is 0.130 e. The van der Waals surface area contributed by atoms with Gasteiger partial charge in [0, 0.05) is 4.90 Å². The summed E-state index contributed by atoms with van der Waals surface area (Å²) in [6, 6.07) is 6.51. The maximum absolute atomic E-state index is 5.79.